The molecule has 25 heavy (non-hydrogen) atoms. The number of nitrogens with one attached hydrogen (secondary N) is 1. The van der Waals surface area contributed by atoms with Gasteiger partial charge in [-0.3, -0.25) is 9.59 Å². The molecule has 1 N–H and O–H groups in total. The Kier molecular flexibility index (Phi) is 4.72. The first kappa shape index (κ1) is 17.0. The first-order valence-corrected chi connectivity index (χ1v) is 7.99. The molecule has 3 rings (SSSR count). The number of carbonyl (C=O) groups is 3. The number of nitrogens with zero attached hydrogens (tertiary/aromatic N) is 1. The SMILES string of the molecule is O=C([O-])Cc1ccc(N[C@H]2CC(=O)N(c3ccc(Cl)cc3)C2=O)cc1. The summed E-state index contributed by atoms with van der Waals surface area (Å²) < 4.78 is 0. The highest BCUT2D eigenvalue weighted by Gasteiger charge is 2.39. The number of anilines is 2. The number of halogens is 1. The van der Waals surface area contributed by atoms with Crippen molar-refractivity contribution in [1.29, 1.82) is 0 Å². The maximum Gasteiger partial charge on any atom is 0.256 e. The molecule has 0 bridgehead atoms. The fraction of sp³-hybridized carbons (Fsp3) is 0.167. The van der Waals surface area contributed by atoms with Crippen molar-refractivity contribution in [3.05, 3.63) is 59.1 Å². The molecule has 0 radical (unpaired) electrons. The molecular formula is C18H14ClN2O4-. The van der Waals surface area contributed by atoms with Gasteiger partial charge < -0.3 is 15.2 Å². The van der Waals surface area contributed by atoms with Crippen LogP contribution in [0.25, 0.3) is 0 Å². The van der Waals surface area contributed by atoms with E-state index in [1.807, 2.05) is 0 Å². The molecular weight excluding hydrogens is 344 g/mol. The summed E-state index contributed by atoms with van der Waals surface area (Å²) >= 11 is 5.83. The lowest BCUT2D eigenvalue weighted by Crippen LogP contribution is -2.34. The molecule has 1 fully saturated rings. The van der Waals surface area contributed by atoms with Crippen LogP contribution in [0.4, 0.5) is 11.4 Å². The molecule has 2 aromatic rings. The van der Waals surface area contributed by atoms with Crippen molar-refractivity contribution in [2.45, 2.75) is 18.9 Å². The van der Waals surface area contributed by atoms with E-state index in [9.17, 15) is 19.5 Å². The molecule has 1 aliphatic rings. The van der Waals surface area contributed by atoms with Crippen molar-refractivity contribution in [3.63, 3.8) is 0 Å². The molecule has 1 saturated heterocycles. The van der Waals surface area contributed by atoms with Gasteiger partial charge in [0.15, 0.2) is 0 Å². The maximum absolute atomic E-state index is 12.5. The van der Waals surface area contributed by atoms with E-state index < -0.39 is 12.0 Å². The zero-order chi connectivity index (χ0) is 18.0. The van der Waals surface area contributed by atoms with Crippen molar-refractivity contribution in [2.75, 3.05) is 10.2 Å². The Hall–Kier alpha value is -2.86. The summed E-state index contributed by atoms with van der Waals surface area (Å²) in [5, 5.41) is 14.1. The molecule has 0 aromatic heterocycles. The number of benzene rings is 2. The van der Waals surface area contributed by atoms with E-state index in [1.54, 1.807) is 48.5 Å². The molecule has 2 aromatic carbocycles. The Morgan fingerprint density at radius 2 is 1.76 bits per heavy atom. The van der Waals surface area contributed by atoms with Crippen LogP contribution in [0, 0.1) is 0 Å². The predicted octanol–water partition coefficient (Wildman–Crippen LogP) is 1.38. The van der Waals surface area contributed by atoms with E-state index in [4.69, 9.17) is 11.6 Å². The van der Waals surface area contributed by atoms with Crippen LogP contribution in [-0.4, -0.2) is 23.8 Å². The van der Waals surface area contributed by atoms with Gasteiger partial charge in [-0.25, -0.2) is 4.90 Å². The normalized spacial score (nSPS) is 17.0. The van der Waals surface area contributed by atoms with Crippen molar-refractivity contribution in [1.82, 2.24) is 0 Å². The van der Waals surface area contributed by atoms with Crippen molar-refractivity contribution < 1.29 is 19.5 Å². The number of carboxylic acid groups (broad SMARTS) is 1. The standard InChI is InChI=1S/C18H15ClN2O4/c19-12-3-7-14(8-4-12)21-16(22)10-15(18(21)25)20-13-5-1-11(2-6-13)9-17(23)24/h1-8,15,20H,9-10H2,(H,23,24)/p-1/t15-/m0/s1. The van der Waals surface area contributed by atoms with Crippen LogP contribution in [0.1, 0.15) is 12.0 Å². The van der Waals surface area contributed by atoms with Gasteiger partial charge in [-0.15, -0.1) is 0 Å². The molecule has 0 unspecified atom stereocenters. The van der Waals surface area contributed by atoms with Gasteiger partial charge in [0, 0.05) is 23.1 Å². The smallest absolute Gasteiger partial charge is 0.256 e. The minimum Gasteiger partial charge on any atom is -0.550 e. The Balaban J connectivity index is 1.71. The summed E-state index contributed by atoms with van der Waals surface area (Å²) in [7, 11) is 0. The van der Waals surface area contributed by atoms with E-state index in [2.05, 4.69) is 5.32 Å². The lowest BCUT2D eigenvalue weighted by Gasteiger charge is -2.16. The summed E-state index contributed by atoms with van der Waals surface area (Å²) in [5.41, 5.74) is 1.71. The van der Waals surface area contributed by atoms with Crippen LogP contribution in [0.5, 0.6) is 0 Å². The van der Waals surface area contributed by atoms with E-state index in [0.717, 1.165) is 4.90 Å². The zero-order valence-corrected chi connectivity index (χ0v) is 13.8. The van der Waals surface area contributed by atoms with Crippen LogP contribution >= 0.6 is 11.6 Å². The highest BCUT2D eigenvalue weighted by Crippen LogP contribution is 2.26. The summed E-state index contributed by atoms with van der Waals surface area (Å²) in [5.74, 6) is -1.79. The monoisotopic (exact) mass is 357 g/mol. The quantitative estimate of drug-likeness (QED) is 0.816. The fourth-order valence-electron chi connectivity index (χ4n) is 2.69. The zero-order valence-electron chi connectivity index (χ0n) is 13.1. The first-order chi connectivity index (χ1) is 11.9. The third-order valence-electron chi connectivity index (χ3n) is 3.87. The molecule has 6 nitrogen and oxygen atoms in total. The van der Waals surface area contributed by atoms with Gasteiger partial charge in [0.05, 0.1) is 12.1 Å². The minimum atomic E-state index is -1.16. The van der Waals surface area contributed by atoms with E-state index in [1.165, 1.54) is 0 Å². The Morgan fingerprint density at radius 1 is 1.12 bits per heavy atom. The molecule has 1 atom stereocenters. The number of aliphatic carboxylic acids is 1. The van der Waals surface area contributed by atoms with Gasteiger partial charge in [-0.1, -0.05) is 23.7 Å². The number of imide groups is 1. The first-order valence-electron chi connectivity index (χ1n) is 7.62. The van der Waals surface area contributed by atoms with Crippen LogP contribution in [0.2, 0.25) is 5.02 Å². The summed E-state index contributed by atoms with van der Waals surface area (Å²) in [6, 6.07) is 12.4. The van der Waals surface area contributed by atoms with Crippen LogP contribution < -0.4 is 15.3 Å². The third-order valence-corrected chi connectivity index (χ3v) is 4.13. The Bertz CT molecular complexity index is 818. The lowest BCUT2D eigenvalue weighted by molar-refractivity contribution is -0.304. The number of carbonyl (C=O) groups excluding carboxylic acids is 3. The second-order valence-electron chi connectivity index (χ2n) is 5.69. The van der Waals surface area contributed by atoms with Gasteiger partial charge >= 0.3 is 0 Å². The highest BCUT2D eigenvalue weighted by molar-refractivity contribution is 6.30. The highest BCUT2D eigenvalue weighted by atomic mass is 35.5. The fourth-order valence-corrected chi connectivity index (χ4v) is 2.82. The molecule has 1 aliphatic heterocycles. The minimum absolute atomic E-state index is 0.0439. The molecule has 1 heterocycles. The third kappa shape index (κ3) is 3.80. The molecule has 0 aliphatic carbocycles. The van der Waals surface area contributed by atoms with E-state index in [0.29, 0.717) is 22.0 Å². The average molecular weight is 358 g/mol. The van der Waals surface area contributed by atoms with E-state index >= 15 is 0 Å². The lowest BCUT2D eigenvalue weighted by atomic mass is 10.1. The number of hydrogen-bond donors (Lipinski definition) is 1. The number of rotatable bonds is 5. The Labute approximate surface area is 149 Å². The van der Waals surface area contributed by atoms with Gasteiger partial charge in [-0.2, -0.15) is 0 Å². The molecule has 128 valence electrons. The predicted molar refractivity (Wildman–Crippen MR) is 91.1 cm³/mol. The topological polar surface area (TPSA) is 89.5 Å². The molecule has 7 heteroatoms. The van der Waals surface area contributed by atoms with Crippen LogP contribution in [-0.2, 0) is 20.8 Å². The average Bonchev–Trinajstić information content (AvgIpc) is 2.84. The van der Waals surface area contributed by atoms with Crippen LogP contribution in [0.15, 0.2) is 48.5 Å². The van der Waals surface area contributed by atoms with E-state index in [-0.39, 0.29) is 24.7 Å². The van der Waals surface area contributed by atoms with Gasteiger partial charge in [-0.05, 0) is 42.0 Å². The largest absolute Gasteiger partial charge is 0.550 e. The summed E-state index contributed by atoms with van der Waals surface area (Å²) in [4.78, 5) is 36.5. The molecule has 0 spiro atoms. The number of amides is 2. The van der Waals surface area contributed by atoms with Crippen molar-refractivity contribution in [2.24, 2.45) is 0 Å². The van der Waals surface area contributed by atoms with Crippen molar-refractivity contribution >= 4 is 40.8 Å². The van der Waals surface area contributed by atoms with Gasteiger partial charge in [0.25, 0.3) is 5.91 Å². The molecule has 0 saturated carbocycles. The van der Waals surface area contributed by atoms with Gasteiger partial charge in [0.2, 0.25) is 5.91 Å². The second kappa shape index (κ2) is 6.94. The molecule has 2 amide bonds. The van der Waals surface area contributed by atoms with Crippen molar-refractivity contribution in [3.8, 4) is 0 Å². The van der Waals surface area contributed by atoms with Crippen LogP contribution in [0.3, 0.4) is 0 Å². The van der Waals surface area contributed by atoms with Gasteiger partial charge in [0.1, 0.15) is 6.04 Å². The number of carboxylic acids is 1. The Morgan fingerprint density at radius 3 is 2.36 bits per heavy atom. The number of hydrogen-bond acceptors (Lipinski definition) is 5. The maximum atomic E-state index is 12.5. The summed E-state index contributed by atoms with van der Waals surface area (Å²) in [6.45, 7) is 0. The summed E-state index contributed by atoms with van der Waals surface area (Å²) in [6.07, 6.45) is -0.131. The second-order valence-corrected chi connectivity index (χ2v) is 6.13.